The lowest BCUT2D eigenvalue weighted by Crippen LogP contribution is -2.41. The van der Waals surface area contributed by atoms with Gasteiger partial charge in [-0.2, -0.15) is 0 Å². The molecule has 100 valence electrons. The van der Waals surface area contributed by atoms with Crippen molar-refractivity contribution in [3.05, 3.63) is 0 Å². The first kappa shape index (κ1) is 14.3. The molecule has 4 nitrogen and oxygen atoms in total. The quantitative estimate of drug-likeness (QED) is 0.424. The molecule has 0 aromatic rings. The highest BCUT2D eigenvalue weighted by molar-refractivity contribution is 5.79. The Kier molecular flexibility index (Phi) is 7.01. The van der Waals surface area contributed by atoms with Gasteiger partial charge in [-0.15, -0.1) is 0 Å². The Morgan fingerprint density at radius 1 is 1.35 bits per heavy atom. The highest BCUT2D eigenvalue weighted by Gasteiger charge is 2.14. The standard InChI is InChI=1S/C13H27N3O/c1-11(2)16-13(14-3)15-9-6-10-17-12-7-4-5-8-12/h11-12H,4-10H2,1-3H3,(H2,14,15,16). The smallest absolute Gasteiger partial charge is 0.191 e. The van der Waals surface area contributed by atoms with Crippen LogP contribution in [-0.4, -0.2) is 38.3 Å². The van der Waals surface area contributed by atoms with Crippen molar-refractivity contribution in [3.63, 3.8) is 0 Å². The molecular formula is C13H27N3O. The van der Waals surface area contributed by atoms with E-state index in [1.54, 1.807) is 7.05 Å². The first-order valence-electron chi connectivity index (χ1n) is 6.81. The summed E-state index contributed by atoms with van der Waals surface area (Å²) in [6.45, 7) is 5.99. The normalized spacial score (nSPS) is 17.8. The van der Waals surface area contributed by atoms with Crippen molar-refractivity contribution in [3.8, 4) is 0 Å². The zero-order valence-electron chi connectivity index (χ0n) is 11.5. The molecule has 17 heavy (non-hydrogen) atoms. The Bertz CT molecular complexity index is 223. The van der Waals surface area contributed by atoms with E-state index in [0.29, 0.717) is 12.1 Å². The first-order chi connectivity index (χ1) is 8.22. The lowest BCUT2D eigenvalue weighted by atomic mass is 10.3. The van der Waals surface area contributed by atoms with Crippen molar-refractivity contribution >= 4 is 5.96 Å². The van der Waals surface area contributed by atoms with Gasteiger partial charge >= 0.3 is 0 Å². The molecule has 2 N–H and O–H groups in total. The number of hydrogen-bond donors (Lipinski definition) is 2. The van der Waals surface area contributed by atoms with Crippen LogP contribution in [0.1, 0.15) is 46.0 Å². The molecule has 0 aromatic carbocycles. The van der Waals surface area contributed by atoms with Gasteiger partial charge in [-0.25, -0.2) is 0 Å². The van der Waals surface area contributed by atoms with Crippen LogP contribution < -0.4 is 10.6 Å². The van der Waals surface area contributed by atoms with Crippen LogP contribution in [0.5, 0.6) is 0 Å². The summed E-state index contributed by atoms with van der Waals surface area (Å²) in [4.78, 5) is 4.16. The molecule has 0 aromatic heterocycles. The monoisotopic (exact) mass is 241 g/mol. The SMILES string of the molecule is CN=C(NCCCOC1CCCC1)NC(C)C. The highest BCUT2D eigenvalue weighted by Crippen LogP contribution is 2.20. The van der Waals surface area contributed by atoms with Crippen molar-refractivity contribution in [2.24, 2.45) is 4.99 Å². The summed E-state index contributed by atoms with van der Waals surface area (Å²) in [5.74, 6) is 0.876. The van der Waals surface area contributed by atoms with E-state index in [1.807, 2.05) is 0 Å². The minimum Gasteiger partial charge on any atom is -0.378 e. The lowest BCUT2D eigenvalue weighted by molar-refractivity contribution is 0.0574. The summed E-state index contributed by atoms with van der Waals surface area (Å²) in [6.07, 6.45) is 6.76. The van der Waals surface area contributed by atoms with E-state index in [4.69, 9.17) is 4.74 Å². The van der Waals surface area contributed by atoms with E-state index in [2.05, 4.69) is 29.5 Å². The maximum Gasteiger partial charge on any atom is 0.191 e. The molecule has 0 saturated heterocycles. The van der Waals surface area contributed by atoms with E-state index in [9.17, 15) is 0 Å². The second-order valence-corrected chi connectivity index (χ2v) is 4.93. The van der Waals surface area contributed by atoms with E-state index in [0.717, 1.165) is 25.5 Å². The number of rotatable bonds is 6. The third-order valence-corrected chi connectivity index (χ3v) is 2.92. The molecule has 0 spiro atoms. The molecule has 0 radical (unpaired) electrons. The Morgan fingerprint density at radius 3 is 2.65 bits per heavy atom. The second-order valence-electron chi connectivity index (χ2n) is 4.93. The van der Waals surface area contributed by atoms with Crippen LogP contribution in [0, 0.1) is 0 Å². The summed E-state index contributed by atoms with van der Waals surface area (Å²) in [6, 6.07) is 0.413. The van der Waals surface area contributed by atoms with Gasteiger partial charge in [0.05, 0.1) is 6.10 Å². The Morgan fingerprint density at radius 2 is 2.06 bits per heavy atom. The molecule has 0 unspecified atom stereocenters. The van der Waals surface area contributed by atoms with Crippen molar-refractivity contribution in [2.45, 2.75) is 58.1 Å². The van der Waals surface area contributed by atoms with Crippen LogP contribution in [0.4, 0.5) is 0 Å². The predicted octanol–water partition coefficient (Wildman–Crippen LogP) is 1.91. The van der Waals surface area contributed by atoms with Gasteiger partial charge in [0.2, 0.25) is 0 Å². The van der Waals surface area contributed by atoms with Crippen molar-refractivity contribution in [2.75, 3.05) is 20.2 Å². The first-order valence-corrected chi connectivity index (χ1v) is 6.81. The van der Waals surface area contributed by atoms with Gasteiger partial charge in [-0.1, -0.05) is 12.8 Å². The Balaban J connectivity index is 1.98. The largest absolute Gasteiger partial charge is 0.378 e. The molecule has 1 saturated carbocycles. The van der Waals surface area contributed by atoms with Gasteiger partial charge in [0.25, 0.3) is 0 Å². The van der Waals surface area contributed by atoms with Crippen LogP contribution in [0.15, 0.2) is 4.99 Å². The Hall–Kier alpha value is -0.770. The Labute approximate surface area is 105 Å². The zero-order chi connectivity index (χ0) is 12.5. The molecule has 4 heteroatoms. The summed E-state index contributed by atoms with van der Waals surface area (Å²) in [7, 11) is 1.80. The average molecular weight is 241 g/mol. The highest BCUT2D eigenvalue weighted by atomic mass is 16.5. The lowest BCUT2D eigenvalue weighted by Gasteiger charge is -2.15. The minimum atomic E-state index is 0.413. The van der Waals surface area contributed by atoms with Gasteiger partial charge in [0, 0.05) is 26.2 Å². The van der Waals surface area contributed by atoms with E-state index in [-0.39, 0.29) is 0 Å². The maximum atomic E-state index is 5.80. The van der Waals surface area contributed by atoms with Crippen LogP contribution in [0.3, 0.4) is 0 Å². The van der Waals surface area contributed by atoms with Gasteiger partial charge in [0.1, 0.15) is 0 Å². The van der Waals surface area contributed by atoms with E-state index < -0.39 is 0 Å². The number of ether oxygens (including phenoxy) is 1. The topological polar surface area (TPSA) is 45.7 Å². The third kappa shape index (κ3) is 6.51. The molecule has 0 amide bonds. The molecule has 0 bridgehead atoms. The van der Waals surface area contributed by atoms with Gasteiger partial charge in [-0.05, 0) is 33.1 Å². The number of nitrogens with one attached hydrogen (secondary N) is 2. The van der Waals surface area contributed by atoms with Crippen LogP contribution in [-0.2, 0) is 4.74 Å². The predicted molar refractivity (Wildman–Crippen MR) is 72.5 cm³/mol. The van der Waals surface area contributed by atoms with E-state index in [1.165, 1.54) is 25.7 Å². The van der Waals surface area contributed by atoms with Gasteiger partial charge in [-0.3, -0.25) is 4.99 Å². The van der Waals surface area contributed by atoms with Crippen LogP contribution in [0.25, 0.3) is 0 Å². The van der Waals surface area contributed by atoms with Crippen molar-refractivity contribution in [1.29, 1.82) is 0 Å². The molecule has 0 heterocycles. The van der Waals surface area contributed by atoms with Crippen molar-refractivity contribution < 1.29 is 4.74 Å². The summed E-state index contributed by atoms with van der Waals surface area (Å²) in [5.41, 5.74) is 0. The fourth-order valence-corrected chi connectivity index (χ4v) is 2.05. The maximum absolute atomic E-state index is 5.80. The average Bonchev–Trinajstić information content (AvgIpc) is 2.79. The summed E-state index contributed by atoms with van der Waals surface area (Å²) >= 11 is 0. The second kappa shape index (κ2) is 8.34. The molecule has 0 atom stereocenters. The number of nitrogens with zero attached hydrogens (tertiary/aromatic N) is 1. The number of hydrogen-bond acceptors (Lipinski definition) is 2. The van der Waals surface area contributed by atoms with Gasteiger partial charge in [0.15, 0.2) is 5.96 Å². The molecule has 1 fully saturated rings. The molecule has 1 rings (SSSR count). The van der Waals surface area contributed by atoms with Crippen LogP contribution >= 0.6 is 0 Å². The fourth-order valence-electron chi connectivity index (χ4n) is 2.05. The van der Waals surface area contributed by atoms with Crippen molar-refractivity contribution in [1.82, 2.24) is 10.6 Å². The number of guanidine groups is 1. The number of aliphatic imine (C=N–C) groups is 1. The third-order valence-electron chi connectivity index (χ3n) is 2.92. The fraction of sp³-hybridized carbons (Fsp3) is 0.923. The minimum absolute atomic E-state index is 0.413. The zero-order valence-corrected chi connectivity index (χ0v) is 11.5. The summed E-state index contributed by atoms with van der Waals surface area (Å²) in [5, 5.41) is 6.54. The van der Waals surface area contributed by atoms with Crippen LogP contribution in [0.2, 0.25) is 0 Å². The molecular weight excluding hydrogens is 214 g/mol. The van der Waals surface area contributed by atoms with E-state index >= 15 is 0 Å². The molecule has 1 aliphatic carbocycles. The summed E-state index contributed by atoms with van der Waals surface area (Å²) < 4.78 is 5.80. The molecule has 1 aliphatic rings. The van der Waals surface area contributed by atoms with Gasteiger partial charge < -0.3 is 15.4 Å². The molecule has 0 aliphatic heterocycles.